The van der Waals surface area contributed by atoms with Crippen molar-refractivity contribution in [2.75, 3.05) is 13.2 Å². The fourth-order valence-corrected chi connectivity index (χ4v) is 3.23. The molecule has 1 aromatic carbocycles. The van der Waals surface area contributed by atoms with Gasteiger partial charge in [0.05, 0.1) is 11.8 Å². The molecule has 130 valence electrons. The average Bonchev–Trinajstić information content (AvgIpc) is 3.20. The number of benzene rings is 1. The SMILES string of the molecule is CCn1cc(CN(Cc2ccc(F)cc2)CC2CCCO2)c(C)n1. The maximum atomic E-state index is 13.1. The third-order valence-electron chi connectivity index (χ3n) is 4.57. The van der Waals surface area contributed by atoms with Crippen molar-refractivity contribution in [3.05, 3.63) is 53.1 Å². The van der Waals surface area contributed by atoms with Gasteiger partial charge in [-0.2, -0.15) is 5.10 Å². The van der Waals surface area contributed by atoms with Crippen molar-refractivity contribution in [1.82, 2.24) is 14.7 Å². The molecule has 0 N–H and O–H groups in total. The summed E-state index contributed by atoms with van der Waals surface area (Å²) in [5, 5.41) is 4.54. The highest BCUT2D eigenvalue weighted by Crippen LogP contribution is 2.18. The number of aromatic nitrogens is 2. The quantitative estimate of drug-likeness (QED) is 0.777. The topological polar surface area (TPSA) is 30.3 Å². The summed E-state index contributed by atoms with van der Waals surface area (Å²) in [4.78, 5) is 2.38. The Labute approximate surface area is 143 Å². The fourth-order valence-electron chi connectivity index (χ4n) is 3.23. The molecule has 0 bridgehead atoms. The summed E-state index contributed by atoms with van der Waals surface area (Å²) in [6, 6.07) is 6.78. The lowest BCUT2D eigenvalue weighted by molar-refractivity contribution is 0.0678. The standard InChI is InChI=1S/C19H26FN3O/c1-3-23-13-17(15(2)21-23)12-22(14-19-5-4-10-24-19)11-16-6-8-18(20)9-7-16/h6-9,13,19H,3-5,10-12,14H2,1-2H3. The lowest BCUT2D eigenvalue weighted by atomic mass is 10.1. The zero-order valence-electron chi connectivity index (χ0n) is 14.5. The van der Waals surface area contributed by atoms with Crippen LogP contribution in [0.1, 0.15) is 36.6 Å². The van der Waals surface area contributed by atoms with Crippen LogP contribution in [0.2, 0.25) is 0 Å². The van der Waals surface area contributed by atoms with Gasteiger partial charge in [-0.3, -0.25) is 9.58 Å². The Hall–Kier alpha value is -1.72. The van der Waals surface area contributed by atoms with Gasteiger partial charge in [-0.25, -0.2) is 4.39 Å². The molecule has 1 fully saturated rings. The van der Waals surface area contributed by atoms with E-state index in [2.05, 4.69) is 30.0 Å². The first kappa shape index (κ1) is 17.1. The first-order valence-corrected chi connectivity index (χ1v) is 8.75. The fraction of sp³-hybridized carbons (Fsp3) is 0.526. The Kier molecular flexibility index (Phi) is 5.63. The molecule has 2 aromatic rings. The lowest BCUT2D eigenvalue weighted by Crippen LogP contribution is -2.31. The summed E-state index contributed by atoms with van der Waals surface area (Å²) in [6.07, 6.45) is 4.68. The largest absolute Gasteiger partial charge is 0.377 e. The van der Waals surface area contributed by atoms with Gasteiger partial charge in [0, 0.05) is 44.5 Å². The van der Waals surface area contributed by atoms with Crippen LogP contribution in [-0.2, 0) is 24.4 Å². The molecule has 5 heteroatoms. The zero-order valence-corrected chi connectivity index (χ0v) is 14.5. The molecular weight excluding hydrogens is 305 g/mol. The number of rotatable bonds is 7. The molecule has 1 aliphatic heterocycles. The Morgan fingerprint density at radius 3 is 2.71 bits per heavy atom. The highest BCUT2D eigenvalue weighted by Gasteiger charge is 2.20. The molecule has 1 unspecified atom stereocenters. The lowest BCUT2D eigenvalue weighted by Gasteiger charge is -2.25. The van der Waals surface area contributed by atoms with Crippen molar-refractivity contribution >= 4 is 0 Å². The van der Waals surface area contributed by atoms with Crippen molar-refractivity contribution in [3.63, 3.8) is 0 Å². The second-order valence-corrected chi connectivity index (χ2v) is 6.53. The normalized spacial score (nSPS) is 17.8. The second kappa shape index (κ2) is 7.90. The number of ether oxygens (including phenoxy) is 1. The Morgan fingerprint density at radius 1 is 1.29 bits per heavy atom. The average molecular weight is 331 g/mol. The maximum absolute atomic E-state index is 13.1. The second-order valence-electron chi connectivity index (χ2n) is 6.53. The summed E-state index contributed by atoms with van der Waals surface area (Å²) >= 11 is 0. The minimum absolute atomic E-state index is 0.190. The molecule has 1 aliphatic rings. The number of nitrogens with zero attached hydrogens (tertiary/aromatic N) is 3. The third kappa shape index (κ3) is 4.42. The molecule has 4 nitrogen and oxygen atoms in total. The van der Waals surface area contributed by atoms with Crippen LogP contribution in [0.15, 0.2) is 30.5 Å². The minimum Gasteiger partial charge on any atom is -0.377 e. The van der Waals surface area contributed by atoms with Crippen molar-refractivity contribution in [2.24, 2.45) is 0 Å². The van der Waals surface area contributed by atoms with Gasteiger partial charge in [0.25, 0.3) is 0 Å². The predicted octanol–water partition coefficient (Wildman–Crippen LogP) is 3.53. The highest BCUT2D eigenvalue weighted by atomic mass is 19.1. The maximum Gasteiger partial charge on any atom is 0.123 e. The Balaban J connectivity index is 1.72. The number of aryl methyl sites for hydroxylation is 2. The van der Waals surface area contributed by atoms with Crippen LogP contribution in [0, 0.1) is 12.7 Å². The molecule has 1 saturated heterocycles. The zero-order chi connectivity index (χ0) is 16.9. The molecule has 0 saturated carbocycles. The molecule has 0 aliphatic carbocycles. The molecule has 1 atom stereocenters. The summed E-state index contributed by atoms with van der Waals surface area (Å²) in [5.74, 6) is -0.190. The predicted molar refractivity (Wildman–Crippen MR) is 92.1 cm³/mol. The van der Waals surface area contributed by atoms with E-state index in [0.717, 1.165) is 56.9 Å². The van der Waals surface area contributed by atoms with Crippen LogP contribution in [0.4, 0.5) is 4.39 Å². The van der Waals surface area contributed by atoms with Crippen molar-refractivity contribution < 1.29 is 9.13 Å². The van der Waals surface area contributed by atoms with Crippen molar-refractivity contribution in [2.45, 2.75) is 52.4 Å². The van der Waals surface area contributed by atoms with Crippen molar-refractivity contribution in [1.29, 1.82) is 0 Å². The Bertz CT molecular complexity index is 647. The van der Waals surface area contributed by atoms with Crippen LogP contribution in [0.3, 0.4) is 0 Å². The smallest absolute Gasteiger partial charge is 0.123 e. The van der Waals surface area contributed by atoms with Gasteiger partial charge in [0.1, 0.15) is 5.82 Å². The van der Waals surface area contributed by atoms with Gasteiger partial charge in [-0.15, -0.1) is 0 Å². The van der Waals surface area contributed by atoms with Gasteiger partial charge in [0.2, 0.25) is 0 Å². The van der Waals surface area contributed by atoms with Gasteiger partial charge >= 0.3 is 0 Å². The molecule has 24 heavy (non-hydrogen) atoms. The molecule has 0 radical (unpaired) electrons. The van der Waals surface area contributed by atoms with Crippen molar-refractivity contribution in [3.8, 4) is 0 Å². The summed E-state index contributed by atoms with van der Waals surface area (Å²) in [5.41, 5.74) is 3.44. The van der Waals surface area contributed by atoms with E-state index in [0.29, 0.717) is 6.10 Å². The first-order chi connectivity index (χ1) is 11.6. The van der Waals surface area contributed by atoms with Crippen LogP contribution < -0.4 is 0 Å². The minimum atomic E-state index is -0.190. The number of hydrogen-bond acceptors (Lipinski definition) is 3. The van der Waals surface area contributed by atoms with E-state index in [1.807, 2.05) is 16.8 Å². The van der Waals surface area contributed by atoms with E-state index in [-0.39, 0.29) is 5.82 Å². The molecule has 2 heterocycles. The van der Waals surface area contributed by atoms with Crippen LogP contribution in [-0.4, -0.2) is 33.9 Å². The number of hydrogen-bond donors (Lipinski definition) is 0. The highest BCUT2D eigenvalue weighted by molar-refractivity contribution is 5.18. The molecule has 0 amide bonds. The molecule has 1 aromatic heterocycles. The van der Waals surface area contributed by atoms with Gasteiger partial charge in [0.15, 0.2) is 0 Å². The van der Waals surface area contributed by atoms with Gasteiger partial charge in [-0.1, -0.05) is 12.1 Å². The molecule has 3 rings (SSSR count). The van der Waals surface area contributed by atoms with E-state index in [9.17, 15) is 4.39 Å². The third-order valence-corrected chi connectivity index (χ3v) is 4.57. The van der Waals surface area contributed by atoms with E-state index >= 15 is 0 Å². The van der Waals surface area contributed by atoms with E-state index in [1.165, 1.54) is 17.7 Å². The van der Waals surface area contributed by atoms with Gasteiger partial charge in [-0.05, 0) is 44.4 Å². The van der Waals surface area contributed by atoms with E-state index < -0.39 is 0 Å². The first-order valence-electron chi connectivity index (χ1n) is 8.75. The van der Waals surface area contributed by atoms with Crippen LogP contribution in [0.25, 0.3) is 0 Å². The van der Waals surface area contributed by atoms with Crippen LogP contribution in [0.5, 0.6) is 0 Å². The van der Waals surface area contributed by atoms with Crippen LogP contribution >= 0.6 is 0 Å². The number of halogens is 1. The monoisotopic (exact) mass is 331 g/mol. The Morgan fingerprint density at radius 2 is 2.08 bits per heavy atom. The van der Waals surface area contributed by atoms with Gasteiger partial charge < -0.3 is 4.74 Å². The van der Waals surface area contributed by atoms with E-state index in [1.54, 1.807) is 0 Å². The summed E-state index contributed by atoms with van der Waals surface area (Å²) in [7, 11) is 0. The summed E-state index contributed by atoms with van der Waals surface area (Å²) < 4.78 is 20.9. The molecule has 0 spiro atoms. The molecular formula is C19H26FN3O. The summed E-state index contributed by atoms with van der Waals surface area (Å²) in [6.45, 7) is 8.42. The van der Waals surface area contributed by atoms with E-state index in [4.69, 9.17) is 4.74 Å².